The van der Waals surface area contributed by atoms with Gasteiger partial charge in [-0.15, -0.1) is 0 Å². The molecule has 0 bridgehead atoms. The second kappa shape index (κ2) is 4.03. The Labute approximate surface area is 90.7 Å². The Morgan fingerprint density at radius 1 is 1.60 bits per heavy atom. The van der Waals surface area contributed by atoms with Crippen molar-refractivity contribution in [3.05, 3.63) is 17.6 Å². The smallest absolute Gasteiger partial charge is 0.189 e. The van der Waals surface area contributed by atoms with E-state index in [9.17, 15) is 5.11 Å². The molecule has 0 unspecified atom stereocenters. The number of nitrogens with one attached hydrogen (secondary N) is 1. The minimum atomic E-state index is -0.0177. The highest BCUT2D eigenvalue weighted by Crippen LogP contribution is 2.28. The van der Waals surface area contributed by atoms with Crippen molar-refractivity contribution in [1.29, 1.82) is 0 Å². The van der Waals surface area contributed by atoms with Gasteiger partial charge in [-0.1, -0.05) is 0 Å². The van der Waals surface area contributed by atoms with Crippen molar-refractivity contribution >= 4 is 11.8 Å². The van der Waals surface area contributed by atoms with Crippen LogP contribution in [0.4, 0.5) is 0 Å². The molecule has 0 aliphatic rings. The number of rotatable bonds is 3. The lowest BCUT2D eigenvalue weighted by molar-refractivity contribution is 0.277. The van der Waals surface area contributed by atoms with Gasteiger partial charge in [-0.25, -0.2) is 4.98 Å². The first-order valence-electron chi connectivity index (χ1n) is 4.39. The predicted molar refractivity (Wildman–Crippen MR) is 54.4 cm³/mol. The fourth-order valence-electron chi connectivity index (χ4n) is 1.33. The third kappa shape index (κ3) is 1.88. The van der Waals surface area contributed by atoms with E-state index in [0.717, 1.165) is 16.3 Å². The lowest BCUT2D eigenvalue weighted by atomic mass is 10.3. The van der Waals surface area contributed by atoms with E-state index in [4.69, 9.17) is 0 Å². The molecule has 2 aromatic rings. The highest BCUT2D eigenvalue weighted by molar-refractivity contribution is 7.99. The molecule has 0 aromatic carbocycles. The van der Waals surface area contributed by atoms with Crippen molar-refractivity contribution in [1.82, 2.24) is 25.0 Å². The maximum Gasteiger partial charge on any atom is 0.189 e. The second-order valence-electron chi connectivity index (χ2n) is 3.04. The number of hydrogen-bond acceptors (Lipinski definition) is 5. The van der Waals surface area contributed by atoms with Crippen molar-refractivity contribution in [2.24, 2.45) is 7.05 Å². The van der Waals surface area contributed by atoms with E-state index >= 15 is 0 Å². The summed E-state index contributed by atoms with van der Waals surface area (Å²) in [6.45, 7) is 1.85. The van der Waals surface area contributed by atoms with Crippen LogP contribution in [0.3, 0.4) is 0 Å². The summed E-state index contributed by atoms with van der Waals surface area (Å²) < 4.78 is 1.73. The molecule has 0 saturated heterocycles. The van der Waals surface area contributed by atoms with Gasteiger partial charge < -0.3 is 5.11 Å². The molecule has 0 aliphatic heterocycles. The molecule has 2 N–H and O–H groups in total. The largest absolute Gasteiger partial charge is 0.392 e. The normalized spacial score (nSPS) is 10.9. The summed E-state index contributed by atoms with van der Waals surface area (Å²) in [5.41, 5.74) is 1.67. The van der Waals surface area contributed by atoms with Gasteiger partial charge in [0.15, 0.2) is 5.16 Å². The number of aromatic amines is 1. The number of aromatic nitrogens is 5. The molecule has 0 spiro atoms. The fourth-order valence-corrected chi connectivity index (χ4v) is 2.22. The topological polar surface area (TPSA) is 79.6 Å². The Morgan fingerprint density at radius 3 is 3.00 bits per heavy atom. The SMILES string of the molecule is Cc1nn(C)c(Sc2ncn[nH]2)c1CO. The van der Waals surface area contributed by atoms with Crippen molar-refractivity contribution in [3.63, 3.8) is 0 Å². The number of nitrogens with zero attached hydrogens (tertiary/aromatic N) is 4. The van der Waals surface area contributed by atoms with Gasteiger partial charge in [-0.05, 0) is 18.7 Å². The van der Waals surface area contributed by atoms with E-state index in [1.165, 1.54) is 18.1 Å². The highest BCUT2D eigenvalue weighted by atomic mass is 32.2. The monoisotopic (exact) mass is 225 g/mol. The molecule has 2 aromatic heterocycles. The number of H-pyrrole nitrogens is 1. The van der Waals surface area contributed by atoms with Gasteiger partial charge >= 0.3 is 0 Å². The molecule has 0 aliphatic carbocycles. The number of aryl methyl sites for hydroxylation is 2. The average molecular weight is 225 g/mol. The van der Waals surface area contributed by atoms with Crippen molar-refractivity contribution < 1.29 is 5.11 Å². The van der Waals surface area contributed by atoms with Crippen molar-refractivity contribution in [2.75, 3.05) is 0 Å². The summed E-state index contributed by atoms with van der Waals surface area (Å²) in [6.07, 6.45) is 1.45. The third-order valence-electron chi connectivity index (χ3n) is 2.03. The molecule has 80 valence electrons. The van der Waals surface area contributed by atoms with Crippen LogP contribution in [0.1, 0.15) is 11.3 Å². The third-order valence-corrected chi connectivity index (χ3v) is 3.13. The van der Waals surface area contributed by atoms with Crippen LogP contribution in [0.5, 0.6) is 0 Å². The Bertz CT molecular complexity index is 450. The van der Waals surface area contributed by atoms with Gasteiger partial charge in [0.05, 0.1) is 12.3 Å². The van der Waals surface area contributed by atoms with Gasteiger partial charge in [0.2, 0.25) is 0 Å². The second-order valence-corrected chi connectivity index (χ2v) is 4.02. The minimum Gasteiger partial charge on any atom is -0.392 e. The molecule has 0 atom stereocenters. The molecular formula is C8H11N5OS. The first-order chi connectivity index (χ1) is 7.22. The molecule has 0 saturated carbocycles. The number of aliphatic hydroxyl groups is 1. The van der Waals surface area contributed by atoms with Crippen molar-refractivity contribution in [3.8, 4) is 0 Å². The molecule has 0 radical (unpaired) electrons. The van der Waals surface area contributed by atoms with Crippen molar-refractivity contribution in [2.45, 2.75) is 23.7 Å². The summed E-state index contributed by atoms with van der Waals surface area (Å²) in [6, 6.07) is 0. The van der Waals surface area contributed by atoms with E-state index in [0.29, 0.717) is 5.16 Å². The van der Waals surface area contributed by atoms with E-state index in [1.807, 2.05) is 14.0 Å². The standard InChI is InChI=1S/C8H11N5OS/c1-5-6(3-14)7(13(2)12-5)15-8-9-4-10-11-8/h4,14H,3H2,1-2H3,(H,9,10,11). The Kier molecular flexibility index (Phi) is 2.74. The zero-order chi connectivity index (χ0) is 10.8. The first kappa shape index (κ1) is 10.2. The quantitative estimate of drug-likeness (QED) is 0.794. The Hall–Kier alpha value is -1.34. The van der Waals surface area contributed by atoms with Crippen LogP contribution in [-0.2, 0) is 13.7 Å². The zero-order valence-electron chi connectivity index (χ0n) is 8.43. The molecule has 6 nitrogen and oxygen atoms in total. The van der Waals surface area contributed by atoms with Crippen LogP contribution in [0, 0.1) is 6.92 Å². The van der Waals surface area contributed by atoms with Crippen LogP contribution in [-0.4, -0.2) is 30.1 Å². The van der Waals surface area contributed by atoms with Gasteiger partial charge in [-0.3, -0.25) is 9.78 Å². The van der Waals surface area contributed by atoms with Gasteiger partial charge in [0.1, 0.15) is 11.4 Å². The summed E-state index contributed by atoms with van der Waals surface area (Å²) >= 11 is 1.40. The summed E-state index contributed by atoms with van der Waals surface area (Å²) in [4.78, 5) is 4.01. The van der Waals surface area contributed by atoms with Crippen LogP contribution in [0.2, 0.25) is 0 Å². The Balaban J connectivity index is 2.35. The lowest BCUT2D eigenvalue weighted by Crippen LogP contribution is -1.94. The lowest BCUT2D eigenvalue weighted by Gasteiger charge is -2.00. The first-order valence-corrected chi connectivity index (χ1v) is 5.20. The maximum absolute atomic E-state index is 9.23. The molecule has 0 fully saturated rings. The number of aliphatic hydroxyl groups excluding tert-OH is 1. The molecule has 7 heteroatoms. The average Bonchev–Trinajstić information content (AvgIpc) is 2.77. The number of hydrogen-bond donors (Lipinski definition) is 2. The van der Waals surface area contributed by atoms with Crippen LogP contribution < -0.4 is 0 Å². The van der Waals surface area contributed by atoms with Crippen LogP contribution >= 0.6 is 11.8 Å². The van der Waals surface area contributed by atoms with Gasteiger partial charge in [-0.2, -0.15) is 10.2 Å². The molecule has 15 heavy (non-hydrogen) atoms. The zero-order valence-corrected chi connectivity index (χ0v) is 9.25. The molecular weight excluding hydrogens is 214 g/mol. The van der Waals surface area contributed by atoms with Gasteiger partial charge in [0.25, 0.3) is 0 Å². The molecule has 0 amide bonds. The molecule has 2 heterocycles. The summed E-state index contributed by atoms with van der Waals surface area (Å²) in [7, 11) is 1.84. The highest BCUT2D eigenvalue weighted by Gasteiger charge is 2.14. The van der Waals surface area contributed by atoms with Crippen LogP contribution in [0.15, 0.2) is 16.5 Å². The predicted octanol–water partition coefficient (Wildman–Crippen LogP) is 0.490. The van der Waals surface area contributed by atoms with E-state index in [2.05, 4.69) is 20.3 Å². The Morgan fingerprint density at radius 2 is 2.40 bits per heavy atom. The maximum atomic E-state index is 9.23. The fraction of sp³-hybridized carbons (Fsp3) is 0.375. The summed E-state index contributed by atoms with van der Waals surface area (Å²) in [5, 5.41) is 21.5. The minimum absolute atomic E-state index is 0.0177. The summed E-state index contributed by atoms with van der Waals surface area (Å²) in [5.74, 6) is 0. The van der Waals surface area contributed by atoms with Gasteiger partial charge in [0, 0.05) is 12.6 Å². The van der Waals surface area contributed by atoms with E-state index in [-0.39, 0.29) is 6.61 Å². The van der Waals surface area contributed by atoms with E-state index in [1.54, 1.807) is 4.68 Å². The van der Waals surface area contributed by atoms with Crippen LogP contribution in [0.25, 0.3) is 0 Å². The molecule has 2 rings (SSSR count). The van der Waals surface area contributed by atoms with E-state index < -0.39 is 0 Å².